The molecule has 0 radical (unpaired) electrons. The highest BCUT2D eigenvalue weighted by atomic mass is 35.5. The Morgan fingerprint density at radius 1 is 1.12 bits per heavy atom. The second-order valence-electron chi connectivity index (χ2n) is 8.02. The molecule has 1 saturated heterocycles. The molecular formula is C24H25ClN2O5S. The summed E-state index contributed by atoms with van der Waals surface area (Å²) in [6, 6.07) is 11.3. The van der Waals surface area contributed by atoms with Crippen LogP contribution >= 0.6 is 11.6 Å². The average Bonchev–Trinajstić information content (AvgIpc) is 3.21. The topological polar surface area (TPSA) is 80.1 Å². The van der Waals surface area contributed by atoms with Gasteiger partial charge in [-0.05, 0) is 36.3 Å². The Morgan fingerprint density at radius 2 is 1.79 bits per heavy atom. The van der Waals surface area contributed by atoms with E-state index in [1.807, 2.05) is 43.3 Å². The SMILES string of the molecule is COc1cc2occ(-c3ccc(Cl)cc3)c2cc1/C(C)=C/C(=O)N1CCN(S(C)(=O)=O)CC1. The standard InChI is InChI=1S/C24H25ClN2O5S/c1-16(12-24(28)26-8-10-27(11-9-26)33(3,29)30)19-13-20-21(17-4-6-18(25)7-5-17)15-32-23(20)14-22(19)31-2/h4-7,12-15H,8-11H2,1-3H3/b16-12+. The molecule has 0 N–H and O–H groups in total. The van der Waals surface area contributed by atoms with Crippen molar-refractivity contribution in [3.05, 3.63) is 59.3 Å². The van der Waals surface area contributed by atoms with E-state index in [2.05, 4.69) is 0 Å². The summed E-state index contributed by atoms with van der Waals surface area (Å²) in [7, 11) is -1.67. The van der Waals surface area contributed by atoms with Crippen LogP contribution in [0.25, 0.3) is 27.7 Å². The predicted octanol–water partition coefficient (Wildman–Crippen LogP) is 4.27. The number of methoxy groups -OCH3 is 1. The zero-order chi connectivity index (χ0) is 23.8. The van der Waals surface area contributed by atoms with Crippen LogP contribution in [0.3, 0.4) is 0 Å². The first-order valence-corrected chi connectivity index (χ1v) is 12.7. The van der Waals surface area contributed by atoms with Crippen molar-refractivity contribution in [1.29, 1.82) is 0 Å². The lowest BCUT2D eigenvalue weighted by atomic mass is 9.99. The molecule has 9 heteroatoms. The Morgan fingerprint density at radius 3 is 2.39 bits per heavy atom. The normalized spacial score (nSPS) is 15.8. The summed E-state index contributed by atoms with van der Waals surface area (Å²) >= 11 is 6.02. The number of benzene rings is 2. The van der Waals surface area contributed by atoms with Gasteiger partial charge in [0.2, 0.25) is 15.9 Å². The fourth-order valence-corrected chi connectivity index (χ4v) is 4.93. The quantitative estimate of drug-likeness (QED) is 0.501. The summed E-state index contributed by atoms with van der Waals surface area (Å²) in [5, 5.41) is 1.55. The minimum absolute atomic E-state index is 0.159. The monoisotopic (exact) mass is 488 g/mol. The molecule has 1 aliphatic heterocycles. The van der Waals surface area contributed by atoms with Crippen molar-refractivity contribution in [2.45, 2.75) is 6.92 Å². The fraction of sp³-hybridized carbons (Fsp3) is 0.292. The Balaban J connectivity index is 1.63. The van der Waals surface area contributed by atoms with Crippen LogP contribution in [-0.4, -0.2) is 63.1 Å². The van der Waals surface area contributed by atoms with Crippen LogP contribution in [0.1, 0.15) is 12.5 Å². The van der Waals surface area contributed by atoms with E-state index in [0.717, 1.165) is 27.6 Å². The van der Waals surface area contributed by atoms with Gasteiger partial charge >= 0.3 is 0 Å². The minimum Gasteiger partial charge on any atom is -0.496 e. The second kappa shape index (κ2) is 9.21. The van der Waals surface area contributed by atoms with Gasteiger partial charge < -0.3 is 14.1 Å². The number of hydrogen-bond donors (Lipinski definition) is 0. The molecular weight excluding hydrogens is 464 g/mol. The summed E-state index contributed by atoms with van der Waals surface area (Å²) in [4.78, 5) is 14.5. The first kappa shape index (κ1) is 23.4. The molecule has 0 unspecified atom stereocenters. The van der Waals surface area contributed by atoms with Gasteiger partial charge in [0.15, 0.2) is 0 Å². The van der Waals surface area contributed by atoms with E-state index in [-0.39, 0.29) is 5.91 Å². The third-order valence-electron chi connectivity index (χ3n) is 5.83. The zero-order valence-corrected chi connectivity index (χ0v) is 20.2. The molecule has 0 saturated carbocycles. The molecule has 0 aliphatic carbocycles. The van der Waals surface area contributed by atoms with Crippen LogP contribution in [0, 0.1) is 0 Å². The number of amides is 1. The van der Waals surface area contributed by atoms with Crippen LogP contribution in [-0.2, 0) is 14.8 Å². The summed E-state index contributed by atoms with van der Waals surface area (Å²) in [6.45, 7) is 3.16. The van der Waals surface area contributed by atoms with E-state index in [4.69, 9.17) is 20.8 Å². The summed E-state index contributed by atoms with van der Waals surface area (Å²) in [6.07, 6.45) is 4.45. The van der Waals surface area contributed by atoms with Crippen LogP contribution < -0.4 is 4.74 Å². The van der Waals surface area contributed by atoms with E-state index in [9.17, 15) is 13.2 Å². The van der Waals surface area contributed by atoms with Gasteiger partial charge in [-0.3, -0.25) is 4.79 Å². The molecule has 4 rings (SSSR count). The van der Waals surface area contributed by atoms with Gasteiger partial charge in [-0.1, -0.05) is 23.7 Å². The van der Waals surface area contributed by atoms with Crippen molar-refractivity contribution in [1.82, 2.24) is 9.21 Å². The van der Waals surface area contributed by atoms with Crippen LogP contribution in [0.2, 0.25) is 5.02 Å². The largest absolute Gasteiger partial charge is 0.496 e. The van der Waals surface area contributed by atoms with E-state index in [1.54, 1.807) is 24.3 Å². The maximum atomic E-state index is 12.9. The number of carbonyl (C=O) groups is 1. The number of nitrogens with zero attached hydrogens (tertiary/aromatic N) is 2. The maximum absolute atomic E-state index is 12.9. The third-order valence-corrected chi connectivity index (χ3v) is 7.39. The lowest BCUT2D eigenvalue weighted by Gasteiger charge is -2.32. The third kappa shape index (κ3) is 4.93. The van der Waals surface area contributed by atoms with Crippen molar-refractivity contribution in [3.63, 3.8) is 0 Å². The molecule has 174 valence electrons. The van der Waals surface area contributed by atoms with Gasteiger partial charge in [0, 0.05) is 59.9 Å². The second-order valence-corrected chi connectivity index (χ2v) is 10.4. The molecule has 2 heterocycles. The van der Waals surface area contributed by atoms with Crippen molar-refractivity contribution in [3.8, 4) is 16.9 Å². The Hall–Kier alpha value is -2.81. The minimum atomic E-state index is -3.25. The number of piperazine rings is 1. The first-order chi connectivity index (χ1) is 15.7. The van der Waals surface area contributed by atoms with Gasteiger partial charge in [0.05, 0.1) is 19.6 Å². The fourth-order valence-electron chi connectivity index (χ4n) is 3.98. The molecule has 1 fully saturated rings. The molecule has 0 atom stereocenters. The molecule has 7 nitrogen and oxygen atoms in total. The van der Waals surface area contributed by atoms with Crippen molar-refractivity contribution in [2.75, 3.05) is 39.5 Å². The summed E-state index contributed by atoms with van der Waals surface area (Å²) in [5.41, 5.74) is 4.09. The number of allylic oxidation sites excluding steroid dienone is 1. The van der Waals surface area contributed by atoms with Crippen LogP contribution in [0.5, 0.6) is 5.75 Å². The molecule has 0 bridgehead atoms. The summed E-state index contributed by atoms with van der Waals surface area (Å²) in [5.74, 6) is 0.441. The van der Waals surface area contributed by atoms with Crippen LogP contribution in [0.15, 0.2) is 53.2 Å². The van der Waals surface area contributed by atoms with Gasteiger partial charge in [0.1, 0.15) is 11.3 Å². The van der Waals surface area contributed by atoms with Crippen molar-refractivity contribution in [2.24, 2.45) is 0 Å². The van der Waals surface area contributed by atoms with Gasteiger partial charge in [-0.25, -0.2) is 8.42 Å². The molecule has 33 heavy (non-hydrogen) atoms. The van der Waals surface area contributed by atoms with Gasteiger partial charge in [0.25, 0.3) is 0 Å². The number of carbonyl (C=O) groups excluding carboxylic acids is 1. The highest BCUT2D eigenvalue weighted by Gasteiger charge is 2.25. The van der Waals surface area contributed by atoms with Crippen molar-refractivity contribution < 1.29 is 22.4 Å². The average molecular weight is 489 g/mol. The smallest absolute Gasteiger partial charge is 0.246 e. The first-order valence-electron chi connectivity index (χ1n) is 10.5. The number of furan rings is 1. The van der Waals surface area contributed by atoms with E-state index in [1.165, 1.54) is 10.6 Å². The highest BCUT2D eigenvalue weighted by molar-refractivity contribution is 7.88. The van der Waals surface area contributed by atoms with E-state index < -0.39 is 10.0 Å². The van der Waals surface area contributed by atoms with Crippen molar-refractivity contribution >= 4 is 44.1 Å². The molecule has 1 amide bonds. The van der Waals surface area contributed by atoms with Crippen LogP contribution in [0.4, 0.5) is 0 Å². The number of hydrogen-bond acceptors (Lipinski definition) is 5. The number of sulfonamides is 1. The lowest BCUT2D eigenvalue weighted by molar-refractivity contribution is -0.127. The Bertz CT molecular complexity index is 1320. The molecule has 3 aromatic rings. The number of ether oxygens (including phenoxy) is 1. The number of halogens is 1. The molecule has 2 aromatic carbocycles. The highest BCUT2D eigenvalue weighted by Crippen LogP contribution is 2.37. The number of fused-ring (bicyclic) bond motifs is 1. The van der Waals surface area contributed by atoms with Gasteiger partial charge in [-0.2, -0.15) is 4.31 Å². The maximum Gasteiger partial charge on any atom is 0.246 e. The molecule has 1 aromatic heterocycles. The molecule has 0 spiro atoms. The molecule has 1 aliphatic rings. The van der Waals surface area contributed by atoms with Gasteiger partial charge in [-0.15, -0.1) is 0 Å². The Kier molecular flexibility index (Phi) is 6.52. The number of rotatable bonds is 5. The predicted molar refractivity (Wildman–Crippen MR) is 130 cm³/mol. The van der Waals surface area contributed by atoms with E-state index >= 15 is 0 Å². The van der Waals surface area contributed by atoms with E-state index in [0.29, 0.717) is 42.5 Å². The lowest BCUT2D eigenvalue weighted by Crippen LogP contribution is -2.49. The zero-order valence-electron chi connectivity index (χ0n) is 18.7. The Labute approximate surface area is 198 Å². The summed E-state index contributed by atoms with van der Waals surface area (Å²) < 4.78 is 36.1.